The Hall–Kier alpha value is -0.570. The molecule has 2 bridgehead atoms. The van der Waals surface area contributed by atoms with Crippen molar-refractivity contribution in [3.8, 4) is 0 Å². The van der Waals surface area contributed by atoms with E-state index in [1.54, 1.807) is 6.92 Å². The fraction of sp³-hybridized carbons (Fsp3) is 0.938. The number of ether oxygens (including phenoxy) is 1. The number of likely N-dealkylation sites (tertiary alicyclic amines) is 1. The zero-order valence-corrected chi connectivity index (χ0v) is 12.4. The summed E-state index contributed by atoms with van der Waals surface area (Å²) < 4.78 is 6.94. The molecule has 2 aliphatic carbocycles. The van der Waals surface area contributed by atoms with Crippen molar-refractivity contribution in [3.05, 3.63) is 0 Å². The number of hydrogen-bond donors (Lipinski definition) is 0. The average molecular weight is 266 g/mol. The minimum atomic E-state index is -0.0798. The molecule has 3 rings (SSSR count). The maximum atomic E-state index is 11.4. The fourth-order valence-electron chi connectivity index (χ4n) is 5.12. The van der Waals surface area contributed by atoms with E-state index < -0.39 is 0 Å². The van der Waals surface area contributed by atoms with Gasteiger partial charge >= 0.3 is 5.97 Å². The Balaban J connectivity index is 1.77. The van der Waals surface area contributed by atoms with Gasteiger partial charge in [-0.3, -0.25) is 4.79 Å². The molecule has 0 N–H and O–H groups in total. The molecular weight excluding hydrogens is 238 g/mol. The molecule has 0 aromatic carbocycles. The molecule has 4 atom stereocenters. The van der Waals surface area contributed by atoms with Crippen LogP contribution in [-0.4, -0.2) is 42.7 Å². The lowest BCUT2D eigenvalue weighted by atomic mass is 9.79. The van der Waals surface area contributed by atoms with Gasteiger partial charge in [-0.25, -0.2) is 0 Å². The molecule has 3 nitrogen and oxygen atoms in total. The van der Waals surface area contributed by atoms with Gasteiger partial charge in [0.2, 0.25) is 0 Å². The van der Waals surface area contributed by atoms with Crippen molar-refractivity contribution in [2.24, 2.45) is 11.8 Å². The standard InChI is InChI=1S/C16H28NO2/c1-12(18)19-16-13-6-8-14(16)15(9-7-13)17(2)10-4-3-5-11-17/h13-16H,3-11H2,1-2H3/q+1/t13?,14?,15?,16-/m0/s1. The van der Waals surface area contributed by atoms with Gasteiger partial charge in [0.15, 0.2) is 0 Å². The first-order valence-corrected chi connectivity index (χ1v) is 8.11. The highest BCUT2D eigenvalue weighted by Crippen LogP contribution is 2.47. The minimum absolute atomic E-state index is 0.0798. The second-order valence-corrected chi connectivity index (χ2v) is 7.21. The van der Waals surface area contributed by atoms with Crippen molar-refractivity contribution in [3.63, 3.8) is 0 Å². The van der Waals surface area contributed by atoms with Crippen molar-refractivity contribution < 1.29 is 14.0 Å². The number of carbonyl (C=O) groups excluding carboxylic acids is 1. The van der Waals surface area contributed by atoms with E-state index in [1.165, 1.54) is 62.5 Å². The summed E-state index contributed by atoms with van der Waals surface area (Å²) in [5.41, 5.74) is 0. The van der Waals surface area contributed by atoms with Gasteiger partial charge < -0.3 is 9.22 Å². The van der Waals surface area contributed by atoms with Crippen LogP contribution in [0.1, 0.15) is 51.9 Å². The molecule has 19 heavy (non-hydrogen) atoms. The van der Waals surface area contributed by atoms with Crippen LogP contribution >= 0.6 is 0 Å². The number of esters is 1. The van der Waals surface area contributed by atoms with E-state index in [4.69, 9.17) is 4.74 Å². The number of rotatable bonds is 2. The molecule has 108 valence electrons. The molecule has 0 aromatic heterocycles. The van der Waals surface area contributed by atoms with Crippen molar-refractivity contribution in [2.75, 3.05) is 20.1 Å². The highest BCUT2D eigenvalue weighted by atomic mass is 16.5. The first-order valence-electron chi connectivity index (χ1n) is 8.11. The molecule has 0 aromatic rings. The lowest BCUT2D eigenvalue weighted by Crippen LogP contribution is -2.60. The highest BCUT2D eigenvalue weighted by Gasteiger charge is 2.52. The van der Waals surface area contributed by atoms with Crippen LogP contribution in [0, 0.1) is 11.8 Å². The maximum Gasteiger partial charge on any atom is 0.302 e. The Bertz CT molecular complexity index is 349. The first-order chi connectivity index (χ1) is 9.10. The molecule has 0 spiro atoms. The summed E-state index contributed by atoms with van der Waals surface area (Å²) >= 11 is 0. The van der Waals surface area contributed by atoms with E-state index in [9.17, 15) is 4.79 Å². The summed E-state index contributed by atoms with van der Waals surface area (Å²) in [6.07, 6.45) is 9.56. The maximum absolute atomic E-state index is 11.4. The Labute approximate surface area is 116 Å². The molecule has 3 unspecified atom stereocenters. The van der Waals surface area contributed by atoms with Crippen LogP contribution in [0.4, 0.5) is 0 Å². The van der Waals surface area contributed by atoms with Gasteiger partial charge in [-0.05, 0) is 44.4 Å². The van der Waals surface area contributed by atoms with Crippen LogP contribution in [0.3, 0.4) is 0 Å². The lowest BCUT2D eigenvalue weighted by Gasteiger charge is -2.49. The van der Waals surface area contributed by atoms with Crippen molar-refractivity contribution in [2.45, 2.75) is 64.0 Å². The number of piperidine rings is 1. The first kappa shape index (κ1) is 13.4. The fourth-order valence-corrected chi connectivity index (χ4v) is 5.12. The Morgan fingerprint density at radius 1 is 1.05 bits per heavy atom. The monoisotopic (exact) mass is 266 g/mol. The quantitative estimate of drug-likeness (QED) is 0.567. The summed E-state index contributed by atoms with van der Waals surface area (Å²) in [5, 5.41) is 0. The van der Waals surface area contributed by atoms with E-state index in [0.717, 1.165) is 6.04 Å². The number of fused-ring (bicyclic) bond motifs is 2. The third-order valence-electron chi connectivity index (χ3n) is 6.03. The van der Waals surface area contributed by atoms with E-state index in [0.29, 0.717) is 11.8 Å². The highest BCUT2D eigenvalue weighted by molar-refractivity contribution is 5.66. The largest absolute Gasteiger partial charge is 0.462 e. The van der Waals surface area contributed by atoms with Crippen molar-refractivity contribution in [1.82, 2.24) is 0 Å². The minimum Gasteiger partial charge on any atom is -0.462 e. The van der Waals surface area contributed by atoms with Gasteiger partial charge in [0.1, 0.15) is 6.10 Å². The van der Waals surface area contributed by atoms with E-state index in [-0.39, 0.29) is 12.1 Å². The lowest BCUT2D eigenvalue weighted by molar-refractivity contribution is -0.942. The van der Waals surface area contributed by atoms with Gasteiger partial charge in [-0.1, -0.05) is 0 Å². The summed E-state index contributed by atoms with van der Waals surface area (Å²) in [4.78, 5) is 11.4. The van der Waals surface area contributed by atoms with Gasteiger partial charge in [0, 0.05) is 19.3 Å². The van der Waals surface area contributed by atoms with Crippen LogP contribution in [0.15, 0.2) is 0 Å². The molecule has 0 amide bonds. The van der Waals surface area contributed by atoms with E-state index in [1.807, 2.05) is 0 Å². The molecule has 2 saturated carbocycles. The molecular formula is C16H28NO2+. The van der Waals surface area contributed by atoms with Gasteiger partial charge in [0.05, 0.1) is 26.2 Å². The number of hydrogen-bond acceptors (Lipinski definition) is 2. The summed E-state index contributed by atoms with van der Waals surface area (Å²) in [7, 11) is 2.45. The van der Waals surface area contributed by atoms with Crippen LogP contribution < -0.4 is 0 Å². The third kappa shape index (κ3) is 2.42. The third-order valence-corrected chi connectivity index (χ3v) is 6.03. The van der Waals surface area contributed by atoms with Crippen LogP contribution in [-0.2, 0) is 9.53 Å². The van der Waals surface area contributed by atoms with Gasteiger partial charge in [0.25, 0.3) is 0 Å². The Morgan fingerprint density at radius 2 is 1.74 bits per heavy atom. The molecule has 1 saturated heterocycles. The zero-order chi connectivity index (χ0) is 13.5. The van der Waals surface area contributed by atoms with Gasteiger partial charge in [-0.2, -0.15) is 0 Å². The normalized spacial score (nSPS) is 40.9. The molecule has 3 heteroatoms. The van der Waals surface area contributed by atoms with Crippen molar-refractivity contribution in [1.29, 1.82) is 0 Å². The van der Waals surface area contributed by atoms with E-state index >= 15 is 0 Å². The average Bonchev–Trinajstić information content (AvgIpc) is 2.62. The SMILES string of the molecule is CC(=O)O[C@H]1C2CCC1C([N+]1(C)CCCCC1)CC2. The topological polar surface area (TPSA) is 26.3 Å². The van der Waals surface area contributed by atoms with E-state index in [2.05, 4.69) is 7.05 Å². The predicted molar refractivity (Wildman–Crippen MR) is 74.6 cm³/mol. The number of nitrogens with zero attached hydrogens (tertiary/aromatic N) is 1. The Morgan fingerprint density at radius 3 is 2.42 bits per heavy atom. The Kier molecular flexibility index (Phi) is 3.59. The molecule has 1 aliphatic heterocycles. The van der Waals surface area contributed by atoms with Crippen LogP contribution in [0.5, 0.6) is 0 Å². The second-order valence-electron chi connectivity index (χ2n) is 7.21. The number of carbonyl (C=O) groups is 1. The molecule has 0 radical (unpaired) electrons. The second kappa shape index (κ2) is 5.08. The van der Waals surface area contributed by atoms with Crippen LogP contribution in [0.2, 0.25) is 0 Å². The zero-order valence-electron chi connectivity index (χ0n) is 12.4. The summed E-state index contributed by atoms with van der Waals surface area (Å²) in [6.45, 7) is 4.23. The van der Waals surface area contributed by atoms with Crippen molar-refractivity contribution >= 4 is 5.97 Å². The molecule has 3 fully saturated rings. The van der Waals surface area contributed by atoms with Gasteiger partial charge in [-0.15, -0.1) is 0 Å². The smallest absolute Gasteiger partial charge is 0.302 e. The molecule has 3 aliphatic rings. The molecule has 1 heterocycles. The summed E-state index contributed by atoms with van der Waals surface area (Å²) in [5.74, 6) is 1.20. The number of quaternary nitrogens is 1. The predicted octanol–water partition coefficient (Wildman–Crippen LogP) is 2.74. The van der Waals surface area contributed by atoms with Crippen LogP contribution in [0.25, 0.3) is 0 Å². The summed E-state index contributed by atoms with van der Waals surface area (Å²) in [6, 6.07) is 0.739.